The van der Waals surface area contributed by atoms with Gasteiger partial charge in [-0.25, -0.2) is 4.39 Å². The first-order valence-electron chi connectivity index (χ1n) is 5.89. The number of hydrogen-bond acceptors (Lipinski definition) is 3. The predicted octanol–water partition coefficient (Wildman–Crippen LogP) is 2.89. The smallest absolute Gasteiger partial charge is 0.127 e. The zero-order chi connectivity index (χ0) is 13.8. The second-order valence-corrected chi connectivity index (χ2v) is 4.11. The van der Waals surface area contributed by atoms with Crippen LogP contribution in [-0.2, 0) is 0 Å². The zero-order valence-corrected chi connectivity index (χ0v) is 10.9. The fraction of sp³-hybridized carbons (Fsp3) is 0.200. The summed E-state index contributed by atoms with van der Waals surface area (Å²) >= 11 is 0. The quantitative estimate of drug-likeness (QED) is 0.920. The molecule has 2 aromatic rings. The lowest BCUT2D eigenvalue weighted by Gasteiger charge is -2.19. The standard InChI is InChI=1S/C15H16FNO2/c1-18-12-7-4-8-13(19-2)14(12)15(17)10-5-3-6-11(16)9-10/h3-9,15H,17H2,1-2H3. The van der Waals surface area contributed by atoms with E-state index in [0.717, 1.165) is 0 Å². The van der Waals surface area contributed by atoms with Gasteiger partial charge in [0.2, 0.25) is 0 Å². The molecule has 3 nitrogen and oxygen atoms in total. The normalized spacial score (nSPS) is 12.0. The lowest BCUT2D eigenvalue weighted by atomic mass is 9.97. The minimum Gasteiger partial charge on any atom is -0.496 e. The van der Waals surface area contributed by atoms with E-state index < -0.39 is 6.04 Å². The average molecular weight is 261 g/mol. The molecule has 0 saturated carbocycles. The molecule has 2 N–H and O–H groups in total. The van der Waals surface area contributed by atoms with E-state index in [9.17, 15) is 4.39 Å². The van der Waals surface area contributed by atoms with Crippen molar-refractivity contribution in [2.45, 2.75) is 6.04 Å². The van der Waals surface area contributed by atoms with Crippen molar-refractivity contribution in [1.29, 1.82) is 0 Å². The summed E-state index contributed by atoms with van der Waals surface area (Å²) in [5, 5.41) is 0. The van der Waals surface area contributed by atoms with E-state index in [4.69, 9.17) is 15.2 Å². The van der Waals surface area contributed by atoms with Crippen LogP contribution in [0.4, 0.5) is 4.39 Å². The summed E-state index contributed by atoms with van der Waals surface area (Å²) in [6, 6.07) is 11.1. The molecule has 0 saturated heterocycles. The fourth-order valence-electron chi connectivity index (χ4n) is 2.05. The molecule has 0 spiro atoms. The average Bonchev–Trinajstić information content (AvgIpc) is 2.45. The molecule has 0 aliphatic carbocycles. The van der Waals surface area contributed by atoms with Gasteiger partial charge in [0.25, 0.3) is 0 Å². The summed E-state index contributed by atoms with van der Waals surface area (Å²) in [6.07, 6.45) is 0. The van der Waals surface area contributed by atoms with Gasteiger partial charge in [0.1, 0.15) is 17.3 Å². The van der Waals surface area contributed by atoms with Crippen LogP contribution in [0.15, 0.2) is 42.5 Å². The molecule has 0 radical (unpaired) electrons. The molecule has 0 bridgehead atoms. The number of nitrogens with two attached hydrogens (primary N) is 1. The third-order valence-corrected chi connectivity index (χ3v) is 2.98. The molecule has 19 heavy (non-hydrogen) atoms. The molecular formula is C15H16FNO2. The zero-order valence-electron chi connectivity index (χ0n) is 10.9. The van der Waals surface area contributed by atoms with Crippen molar-refractivity contribution in [2.75, 3.05) is 14.2 Å². The predicted molar refractivity (Wildman–Crippen MR) is 72.0 cm³/mol. The van der Waals surface area contributed by atoms with Gasteiger partial charge in [-0.1, -0.05) is 18.2 Å². The van der Waals surface area contributed by atoms with Crippen molar-refractivity contribution in [1.82, 2.24) is 0 Å². The van der Waals surface area contributed by atoms with Crippen molar-refractivity contribution < 1.29 is 13.9 Å². The highest BCUT2D eigenvalue weighted by molar-refractivity contribution is 5.50. The minimum absolute atomic E-state index is 0.318. The minimum atomic E-state index is -0.512. The molecule has 0 amide bonds. The molecule has 100 valence electrons. The van der Waals surface area contributed by atoms with Crippen molar-refractivity contribution in [3.8, 4) is 11.5 Å². The molecule has 4 heteroatoms. The highest BCUT2D eigenvalue weighted by atomic mass is 19.1. The van der Waals surface area contributed by atoms with Crippen LogP contribution in [0.25, 0.3) is 0 Å². The number of ether oxygens (including phenoxy) is 2. The van der Waals surface area contributed by atoms with Gasteiger partial charge in [0, 0.05) is 0 Å². The van der Waals surface area contributed by atoms with E-state index in [1.807, 2.05) is 6.07 Å². The Morgan fingerprint density at radius 2 is 1.58 bits per heavy atom. The van der Waals surface area contributed by atoms with Crippen molar-refractivity contribution in [3.05, 3.63) is 59.4 Å². The molecule has 1 atom stereocenters. The Kier molecular flexibility index (Phi) is 4.02. The van der Waals surface area contributed by atoms with E-state index in [0.29, 0.717) is 22.6 Å². The fourth-order valence-corrected chi connectivity index (χ4v) is 2.05. The Bertz CT molecular complexity index is 550. The van der Waals surface area contributed by atoms with Gasteiger partial charge < -0.3 is 15.2 Å². The van der Waals surface area contributed by atoms with Gasteiger partial charge in [-0.3, -0.25) is 0 Å². The van der Waals surface area contributed by atoms with Crippen LogP contribution in [0.3, 0.4) is 0 Å². The summed E-state index contributed by atoms with van der Waals surface area (Å²) in [7, 11) is 3.13. The Hall–Kier alpha value is -2.07. The van der Waals surface area contributed by atoms with Crippen molar-refractivity contribution in [3.63, 3.8) is 0 Å². The second kappa shape index (κ2) is 5.71. The summed E-state index contributed by atoms with van der Waals surface area (Å²) in [5.41, 5.74) is 7.59. The van der Waals surface area contributed by atoms with Crippen LogP contribution in [0, 0.1) is 5.82 Å². The number of methoxy groups -OCH3 is 2. The van der Waals surface area contributed by atoms with Crippen LogP contribution < -0.4 is 15.2 Å². The van der Waals surface area contributed by atoms with Crippen LogP contribution in [0.5, 0.6) is 11.5 Å². The van der Waals surface area contributed by atoms with Gasteiger partial charge in [0.15, 0.2) is 0 Å². The Balaban J connectivity index is 2.51. The maximum atomic E-state index is 13.3. The van der Waals surface area contributed by atoms with Gasteiger partial charge in [-0.2, -0.15) is 0 Å². The first kappa shape index (κ1) is 13.4. The Labute approximate surface area is 111 Å². The third kappa shape index (κ3) is 2.69. The van der Waals surface area contributed by atoms with E-state index >= 15 is 0 Å². The van der Waals surface area contributed by atoms with Gasteiger partial charge in [-0.05, 0) is 29.8 Å². The summed E-state index contributed by atoms with van der Waals surface area (Å²) in [4.78, 5) is 0. The number of halogens is 1. The number of hydrogen-bond donors (Lipinski definition) is 1. The second-order valence-electron chi connectivity index (χ2n) is 4.11. The summed E-state index contributed by atoms with van der Waals surface area (Å²) in [6.45, 7) is 0. The van der Waals surface area contributed by atoms with Crippen molar-refractivity contribution in [2.24, 2.45) is 5.73 Å². The molecule has 0 aliphatic rings. The number of benzene rings is 2. The highest BCUT2D eigenvalue weighted by Crippen LogP contribution is 2.35. The van der Waals surface area contributed by atoms with Crippen LogP contribution >= 0.6 is 0 Å². The summed E-state index contributed by atoms with van der Waals surface area (Å²) in [5.74, 6) is 0.925. The lowest BCUT2D eigenvalue weighted by molar-refractivity contribution is 0.382. The van der Waals surface area contributed by atoms with Crippen LogP contribution in [0.2, 0.25) is 0 Å². The molecule has 0 heterocycles. The lowest BCUT2D eigenvalue weighted by Crippen LogP contribution is -2.14. The monoisotopic (exact) mass is 261 g/mol. The Morgan fingerprint density at radius 3 is 2.11 bits per heavy atom. The first-order valence-corrected chi connectivity index (χ1v) is 5.89. The first-order chi connectivity index (χ1) is 9.17. The third-order valence-electron chi connectivity index (χ3n) is 2.98. The molecule has 0 fully saturated rings. The molecule has 2 aromatic carbocycles. The maximum Gasteiger partial charge on any atom is 0.127 e. The highest BCUT2D eigenvalue weighted by Gasteiger charge is 2.19. The van der Waals surface area contributed by atoms with Gasteiger partial charge >= 0.3 is 0 Å². The van der Waals surface area contributed by atoms with E-state index in [1.165, 1.54) is 12.1 Å². The molecule has 0 aromatic heterocycles. The van der Waals surface area contributed by atoms with E-state index in [2.05, 4.69) is 0 Å². The molecular weight excluding hydrogens is 245 g/mol. The molecule has 1 unspecified atom stereocenters. The largest absolute Gasteiger partial charge is 0.496 e. The molecule has 0 aliphatic heterocycles. The van der Waals surface area contributed by atoms with E-state index in [-0.39, 0.29) is 5.82 Å². The summed E-state index contributed by atoms with van der Waals surface area (Å²) < 4.78 is 23.9. The maximum absolute atomic E-state index is 13.3. The van der Waals surface area contributed by atoms with Crippen molar-refractivity contribution >= 4 is 0 Å². The topological polar surface area (TPSA) is 44.5 Å². The van der Waals surface area contributed by atoms with Crippen LogP contribution in [0.1, 0.15) is 17.2 Å². The van der Waals surface area contributed by atoms with Gasteiger partial charge in [-0.15, -0.1) is 0 Å². The Morgan fingerprint density at radius 1 is 1.00 bits per heavy atom. The SMILES string of the molecule is COc1cccc(OC)c1C(N)c1cccc(F)c1. The van der Waals surface area contributed by atoms with Gasteiger partial charge in [0.05, 0.1) is 25.8 Å². The van der Waals surface area contributed by atoms with Crippen LogP contribution in [-0.4, -0.2) is 14.2 Å². The molecule has 2 rings (SSSR count). The number of rotatable bonds is 4. The van der Waals surface area contributed by atoms with E-state index in [1.54, 1.807) is 38.5 Å².